The van der Waals surface area contributed by atoms with Gasteiger partial charge in [0.2, 0.25) is 0 Å². The quantitative estimate of drug-likeness (QED) is 0.907. The summed E-state index contributed by atoms with van der Waals surface area (Å²) in [5.41, 5.74) is 3.34. The molecule has 2 bridgehead atoms. The van der Waals surface area contributed by atoms with Crippen molar-refractivity contribution in [1.29, 1.82) is 0 Å². The molecule has 3 aliphatic rings. The van der Waals surface area contributed by atoms with Crippen molar-refractivity contribution in [3.63, 3.8) is 0 Å². The van der Waals surface area contributed by atoms with Crippen LogP contribution in [0.2, 0.25) is 0 Å². The van der Waals surface area contributed by atoms with Crippen molar-refractivity contribution in [1.82, 2.24) is 5.32 Å². The summed E-state index contributed by atoms with van der Waals surface area (Å²) >= 11 is 0. The maximum Gasteiger partial charge on any atom is 0.164 e. The van der Waals surface area contributed by atoms with Crippen molar-refractivity contribution in [2.75, 3.05) is 20.8 Å². The molecule has 1 aliphatic heterocycles. The van der Waals surface area contributed by atoms with E-state index in [2.05, 4.69) is 17.4 Å². The van der Waals surface area contributed by atoms with Crippen molar-refractivity contribution in [3.8, 4) is 11.5 Å². The molecule has 0 spiro atoms. The number of fused-ring (bicyclic) bond motifs is 1. The second-order valence-electron chi connectivity index (χ2n) is 6.85. The molecule has 2 aliphatic carbocycles. The lowest BCUT2D eigenvalue weighted by atomic mass is 9.52. The van der Waals surface area contributed by atoms with Crippen LogP contribution >= 0.6 is 0 Å². The summed E-state index contributed by atoms with van der Waals surface area (Å²) in [6.07, 6.45) is 7.85. The van der Waals surface area contributed by atoms with Gasteiger partial charge < -0.3 is 14.8 Å². The fourth-order valence-electron chi connectivity index (χ4n) is 5.35. The average molecular weight is 287 g/mol. The van der Waals surface area contributed by atoms with Gasteiger partial charge in [-0.05, 0) is 49.8 Å². The molecule has 0 amide bonds. The van der Waals surface area contributed by atoms with E-state index >= 15 is 0 Å². The van der Waals surface area contributed by atoms with Gasteiger partial charge in [-0.15, -0.1) is 0 Å². The molecule has 1 saturated carbocycles. The molecule has 114 valence electrons. The fraction of sp³-hybridized carbons (Fsp3) is 0.667. The van der Waals surface area contributed by atoms with E-state index in [1.165, 1.54) is 37.7 Å². The zero-order valence-electron chi connectivity index (χ0n) is 13.1. The number of nitrogens with one attached hydrogen (secondary N) is 1. The zero-order chi connectivity index (χ0) is 14.4. The highest BCUT2D eigenvalue weighted by molar-refractivity contribution is 5.56. The van der Waals surface area contributed by atoms with Crippen molar-refractivity contribution in [2.45, 2.75) is 50.0 Å². The first-order chi connectivity index (χ1) is 10.3. The molecule has 3 heteroatoms. The molecule has 1 heterocycles. The van der Waals surface area contributed by atoms with Gasteiger partial charge in [0.05, 0.1) is 14.2 Å². The van der Waals surface area contributed by atoms with E-state index in [1.54, 1.807) is 19.8 Å². The molecule has 0 radical (unpaired) electrons. The third kappa shape index (κ3) is 1.76. The van der Waals surface area contributed by atoms with Crippen LogP contribution in [0.25, 0.3) is 0 Å². The molecule has 1 aromatic rings. The Morgan fingerprint density at radius 3 is 2.86 bits per heavy atom. The number of benzene rings is 1. The van der Waals surface area contributed by atoms with Crippen LogP contribution in [0.5, 0.6) is 11.5 Å². The van der Waals surface area contributed by atoms with Crippen LogP contribution in [-0.2, 0) is 11.8 Å². The Kier molecular flexibility index (Phi) is 3.14. The van der Waals surface area contributed by atoms with Crippen molar-refractivity contribution >= 4 is 0 Å². The number of rotatable bonds is 2. The van der Waals surface area contributed by atoms with Gasteiger partial charge in [-0.1, -0.05) is 18.9 Å². The first-order valence-electron chi connectivity index (χ1n) is 8.28. The molecule has 0 unspecified atom stereocenters. The van der Waals surface area contributed by atoms with Crippen molar-refractivity contribution < 1.29 is 9.47 Å². The van der Waals surface area contributed by atoms with E-state index in [9.17, 15) is 0 Å². The van der Waals surface area contributed by atoms with E-state index in [-0.39, 0.29) is 0 Å². The summed E-state index contributed by atoms with van der Waals surface area (Å²) in [5, 5.41) is 3.78. The highest BCUT2D eigenvalue weighted by Crippen LogP contribution is 2.56. The van der Waals surface area contributed by atoms with E-state index in [4.69, 9.17) is 9.47 Å². The number of methoxy groups -OCH3 is 2. The van der Waals surface area contributed by atoms with Gasteiger partial charge >= 0.3 is 0 Å². The van der Waals surface area contributed by atoms with Gasteiger partial charge in [0, 0.05) is 17.0 Å². The summed E-state index contributed by atoms with van der Waals surface area (Å²) in [5.74, 6) is 2.65. The molecule has 2 fully saturated rings. The lowest BCUT2D eigenvalue weighted by Crippen LogP contribution is -2.59. The van der Waals surface area contributed by atoms with Crippen LogP contribution in [0.1, 0.15) is 43.2 Å². The highest BCUT2D eigenvalue weighted by atomic mass is 16.5. The molecule has 1 aromatic carbocycles. The normalized spacial score (nSPS) is 33.8. The lowest BCUT2D eigenvalue weighted by Gasteiger charge is -2.56. The lowest BCUT2D eigenvalue weighted by molar-refractivity contribution is 0.0786. The SMILES string of the molecule is COc1ccc2c(c1OC)C[C@H]1NCC[C@@]23CCCC[C@@H]13. The molecule has 1 saturated heterocycles. The molecule has 0 aromatic heterocycles. The Balaban J connectivity index is 1.91. The minimum Gasteiger partial charge on any atom is -0.493 e. The highest BCUT2D eigenvalue weighted by Gasteiger charge is 2.52. The molecule has 3 atom stereocenters. The van der Waals surface area contributed by atoms with E-state index in [0.29, 0.717) is 11.5 Å². The molecule has 3 nitrogen and oxygen atoms in total. The smallest absolute Gasteiger partial charge is 0.164 e. The fourth-order valence-corrected chi connectivity index (χ4v) is 5.35. The van der Waals surface area contributed by atoms with Crippen LogP contribution in [0.3, 0.4) is 0 Å². The summed E-state index contributed by atoms with van der Waals surface area (Å²) in [6.45, 7) is 1.16. The predicted octanol–water partition coefficient (Wildman–Crippen LogP) is 3.05. The maximum absolute atomic E-state index is 5.72. The van der Waals surface area contributed by atoms with Gasteiger partial charge in [-0.25, -0.2) is 0 Å². The Morgan fingerprint density at radius 2 is 2.05 bits per heavy atom. The van der Waals surface area contributed by atoms with Crippen LogP contribution in [-0.4, -0.2) is 26.8 Å². The van der Waals surface area contributed by atoms with Crippen LogP contribution in [0.4, 0.5) is 0 Å². The topological polar surface area (TPSA) is 30.5 Å². The van der Waals surface area contributed by atoms with E-state index in [0.717, 1.165) is 30.4 Å². The molecule has 21 heavy (non-hydrogen) atoms. The van der Waals surface area contributed by atoms with Crippen LogP contribution < -0.4 is 14.8 Å². The van der Waals surface area contributed by atoms with Crippen LogP contribution in [0.15, 0.2) is 12.1 Å². The zero-order valence-corrected chi connectivity index (χ0v) is 13.1. The Bertz CT molecular complexity index is 552. The largest absolute Gasteiger partial charge is 0.493 e. The van der Waals surface area contributed by atoms with Gasteiger partial charge in [0.1, 0.15) is 0 Å². The minimum absolute atomic E-state index is 0.390. The average Bonchev–Trinajstić information content (AvgIpc) is 2.53. The van der Waals surface area contributed by atoms with Gasteiger partial charge in [-0.2, -0.15) is 0 Å². The predicted molar refractivity (Wildman–Crippen MR) is 83.3 cm³/mol. The van der Waals surface area contributed by atoms with Gasteiger partial charge in [0.25, 0.3) is 0 Å². The number of ether oxygens (including phenoxy) is 2. The third-order valence-electron chi connectivity index (χ3n) is 6.17. The van der Waals surface area contributed by atoms with Gasteiger partial charge in [-0.3, -0.25) is 0 Å². The number of hydrogen-bond donors (Lipinski definition) is 1. The van der Waals surface area contributed by atoms with Crippen LogP contribution in [0, 0.1) is 5.92 Å². The molecular weight excluding hydrogens is 262 g/mol. The van der Waals surface area contributed by atoms with E-state index < -0.39 is 0 Å². The maximum atomic E-state index is 5.72. The Labute approximate surface area is 127 Å². The monoisotopic (exact) mass is 287 g/mol. The standard InChI is InChI=1S/C18H25NO2/c1-20-16-7-6-13-12(17(16)21-2)11-15-14-5-3-4-8-18(13,14)9-10-19-15/h6-7,14-15,19H,3-5,8-11H2,1-2H3/t14-,15+,18-/m0/s1. The Hall–Kier alpha value is -1.22. The van der Waals surface area contributed by atoms with Gasteiger partial charge in [0.15, 0.2) is 11.5 Å². The third-order valence-corrected chi connectivity index (χ3v) is 6.17. The second kappa shape index (κ2) is 4.91. The summed E-state index contributed by atoms with van der Waals surface area (Å²) in [7, 11) is 3.50. The first-order valence-corrected chi connectivity index (χ1v) is 8.28. The summed E-state index contributed by atoms with van der Waals surface area (Å²) in [6, 6.07) is 5.06. The molecule has 1 N–H and O–H groups in total. The molecular formula is C18H25NO2. The van der Waals surface area contributed by atoms with E-state index in [1.807, 2.05) is 0 Å². The summed E-state index contributed by atoms with van der Waals surface area (Å²) < 4.78 is 11.2. The summed E-state index contributed by atoms with van der Waals surface area (Å²) in [4.78, 5) is 0. The van der Waals surface area contributed by atoms with Crippen molar-refractivity contribution in [3.05, 3.63) is 23.3 Å². The number of hydrogen-bond acceptors (Lipinski definition) is 3. The number of piperidine rings is 1. The second-order valence-corrected chi connectivity index (χ2v) is 6.85. The van der Waals surface area contributed by atoms with Crippen molar-refractivity contribution in [2.24, 2.45) is 5.92 Å². The Morgan fingerprint density at radius 1 is 1.14 bits per heavy atom. The first kappa shape index (κ1) is 13.4. The minimum atomic E-state index is 0.390. The molecule has 4 rings (SSSR count).